The Bertz CT molecular complexity index is 619. The molecule has 0 N–H and O–H groups in total. The molecule has 0 saturated carbocycles. The summed E-state index contributed by atoms with van der Waals surface area (Å²) in [7, 11) is 0. The van der Waals surface area contributed by atoms with Crippen LogP contribution in [0.2, 0.25) is 0 Å². The molecule has 0 bridgehead atoms. The number of rotatable bonds is 4. The predicted octanol–water partition coefficient (Wildman–Crippen LogP) is 4.25. The van der Waals surface area contributed by atoms with E-state index in [4.69, 9.17) is 16.6 Å². The van der Waals surface area contributed by atoms with E-state index in [2.05, 4.69) is 57.2 Å². The van der Waals surface area contributed by atoms with Gasteiger partial charge >= 0.3 is 0 Å². The van der Waals surface area contributed by atoms with Gasteiger partial charge in [-0.15, -0.1) is 11.6 Å². The van der Waals surface area contributed by atoms with Crippen molar-refractivity contribution < 1.29 is 0 Å². The number of likely N-dealkylation sites (tertiary alicyclic amines) is 1. The fraction of sp³-hybridized carbons (Fsp3) is 0.562. The van der Waals surface area contributed by atoms with Gasteiger partial charge in [-0.1, -0.05) is 6.42 Å². The van der Waals surface area contributed by atoms with Gasteiger partial charge in [-0.2, -0.15) is 0 Å². The van der Waals surface area contributed by atoms with E-state index in [1.807, 2.05) is 0 Å². The van der Waals surface area contributed by atoms with Gasteiger partial charge in [0.1, 0.15) is 5.82 Å². The molecule has 1 aromatic carbocycles. The van der Waals surface area contributed by atoms with Gasteiger partial charge in [0.2, 0.25) is 0 Å². The lowest BCUT2D eigenvalue weighted by Gasteiger charge is -2.32. The van der Waals surface area contributed by atoms with Crippen molar-refractivity contribution in [2.45, 2.75) is 44.7 Å². The molecular weight excluding hydrogens is 397 g/mol. The average Bonchev–Trinajstić information content (AvgIpc) is 2.85. The fourth-order valence-electron chi connectivity index (χ4n) is 3.20. The van der Waals surface area contributed by atoms with Crippen LogP contribution in [0, 0.1) is 3.57 Å². The van der Waals surface area contributed by atoms with Crippen molar-refractivity contribution in [3.63, 3.8) is 0 Å². The number of aromatic nitrogens is 2. The van der Waals surface area contributed by atoms with Gasteiger partial charge in [0.15, 0.2) is 0 Å². The molecule has 0 amide bonds. The summed E-state index contributed by atoms with van der Waals surface area (Å²) in [5, 5.41) is 0. The summed E-state index contributed by atoms with van der Waals surface area (Å²) < 4.78 is 3.52. The first-order chi connectivity index (χ1) is 10.2. The van der Waals surface area contributed by atoms with Crippen molar-refractivity contribution in [2.24, 2.45) is 0 Å². The second kappa shape index (κ2) is 6.84. The molecule has 3 rings (SSSR count). The molecule has 114 valence electrons. The van der Waals surface area contributed by atoms with Crippen LogP contribution in [0.4, 0.5) is 0 Å². The van der Waals surface area contributed by atoms with Gasteiger partial charge in [0.25, 0.3) is 0 Å². The third kappa shape index (κ3) is 3.37. The number of nitrogens with zero attached hydrogens (tertiary/aromatic N) is 3. The van der Waals surface area contributed by atoms with Crippen LogP contribution in [-0.2, 0) is 12.4 Å². The summed E-state index contributed by atoms with van der Waals surface area (Å²) in [5.41, 5.74) is 2.26. The Morgan fingerprint density at radius 3 is 2.76 bits per heavy atom. The molecule has 1 aliphatic rings. The van der Waals surface area contributed by atoms with E-state index in [0.717, 1.165) is 17.9 Å². The highest BCUT2D eigenvalue weighted by atomic mass is 127. The highest BCUT2D eigenvalue weighted by Gasteiger charge is 2.19. The molecule has 1 fully saturated rings. The van der Waals surface area contributed by atoms with E-state index >= 15 is 0 Å². The van der Waals surface area contributed by atoms with Gasteiger partial charge in [0, 0.05) is 16.2 Å². The van der Waals surface area contributed by atoms with Crippen molar-refractivity contribution in [2.75, 3.05) is 13.1 Å². The molecule has 0 spiro atoms. The van der Waals surface area contributed by atoms with E-state index in [-0.39, 0.29) is 0 Å². The summed E-state index contributed by atoms with van der Waals surface area (Å²) in [4.78, 5) is 7.30. The maximum atomic E-state index is 6.11. The van der Waals surface area contributed by atoms with Crippen LogP contribution < -0.4 is 0 Å². The Balaban J connectivity index is 1.88. The molecule has 1 atom stereocenters. The number of imidazole rings is 1. The first-order valence-corrected chi connectivity index (χ1v) is 9.25. The molecule has 1 aromatic heterocycles. The number of halogens is 2. The molecule has 2 aromatic rings. The number of benzene rings is 1. The first kappa shape index (κ1) is 15.6. The zero-order chi connectivity index (χ0) is 14.8. The van der Waals surface area contributed by atoms with Crippen LogP contribution in [-0.4, -0.2) is 33.6 Å². The summed E-state index contributed by atoms with van der Waals surface area (Å²) in [6.45, 7) is 5.74. The lowest BCUT2D eigenvalue weighted by atomic mass is 10.1. The molecule has 3 nitrogen and oxygen atoms in total. The van der Waals surface area contributed by atoms with Crippen molar-refractivity contribution >= 4 is 45.2 Å². The first-order valence-electron chi connectivity index (χ1n) is 7.63. The van der Waals surface area contributed by atoms with Gasteiger partial charge in [0.05, 0.1) is 16.9 Å². The van der Waals surface area contributed by atoms with Crippen molar-refractivity contribution in [1.29, 1.82) is 0 Å². The Morgan fingerprint density at radius 1 is 1.29 bits per heavy atom. The van der Waals surface area contributed by atoms with Gasteiger partial charge in [-0.3, -0.25) is 4.90 Å². The van der Waals surface area contributed by atoms with Gasteiger partial charge in [-0.05, 0) is 73.6 Å². The molecule has 1 aliphatic heterocycles. The van der Waals surface area contributed by atoms with E-state index in [9.17, 15) is 0 Å². The second-order valence-corrected chi connectivity index (χ2v) is 7.36. The quantitative estimate of drug-likeness (QED) is 0.548. The number of fused-ring (bicyclic) bond motifs is 1. The summed E-state index contributed by atoms with van der Waals surface area (Å²) in [5.74, 6) is 1.45. The molecule has 5 heteroatoms. The minimum absolute atomic E-state index is 0.470. The van der Waals surface area contributed by atoms with E-state index in [1.165, 1.54) is 41.4 Å². The zero-order valence-electron chi connectivity index (χ0n) is 12.4. The zero-order valence-corrected chi connectivity index (χ0v) is 15.3. The smallest absolute Gasteiger partial charge is 0.124 e. The third-order valence-electron chi connectivity index (χ3n) is 4.37. The molecule has 1 unspecified atom stereocenters. The van der Waals surface area contributed by atoms with E-state index in [1.54, 1.807) is 0 Å². The standard InChI is InChI=1S/C16H21ClIN3/c1-12(20-7-3-2-4-8-20)11-21-15-6-5-13(18)9-14(15)19-16(21)10-17/h5-6,9,12H,2-4,7-8,10-11H2,1H3. The second-order valence-electron chi connectivity index (χ2n) is 5.85. The molecular formula is C16H21ClIN3. The Hall–Kier alpha value is -0.330. The van der Waals surface area contributed by atoms with Crippen LogP contribution in [0.1, 0.15) is 32.0 Å². The lowest BCUT2D eigenvalue weighted by molar-refractivity contribution is 0.160. The summed E-state index contributed by atoms with van der Waals surface area (Å²) >= 11 is 8.44. The number of hydrogen-bond acceptors (Lipinski definition) is 2. The van der Waals surface area contributed by atoms with Gasteiger partial charge in [-0.25, -0.2) is 4.98 Å². The monoisotopic (exact) mass is 417 g/mol. The minimum Gasteiger partial charge on any atom is -0.325 e. The van der Waals surface area contributed by atoms with Crippen LogP contribution in [0.15, 0.2) is 18.2 Å². The predicted molar refractivity (Wildman–Crippen MR) is 96.9 cm³/mol. The average molecular weight is 418 g/mol. The minimum atomic E-state index is 0.470. The summed E-state index contributed by atoms with van der Waals surface area (Å²) in [6, 6.07) is 6.98. The van der Waals surface area contributed by atoms with Crippen molar-refractivity contribution in [3.05, 3.63) is 27.6 Å². The SMILES string of the molecule is CC(Cn1c(CCl)nc2cc(I)ccc21)N1CCCCC1. The van der Waals surface area contributed by atoms with Crippen LogP contribution in [0.5, 0.6) is 0 Å². The molecule has 1 saturated heterocycles. The number of alkyl halides is 1. The van der Waals surface area contributed by atoms with Gasteiger partial charge < -0.3 is 4.57 Å². The Morgan fingerprint density at radius 2 is 2.05 bits per heavy atom. The van der Waals surface area contributed by atoms with E-state index < -0.39 is 0 Å². The maximum absolute atomic E-state index is 6.11. The Kier molecular flexibility index (Phi) is 5.07. The molecule has 2 heterocycles. The fourth-order valence-corrected chi connectivity index (χ4v) is 3.88. The topological polar surface area (TPSA) is 21.1 Å². The van der Waals surface area contributed by atoms with Crippen LogP contribution >= 0.6 is 34.2 Å². The summed E-state index contributed by atoms with van der Waals surface area (Å²) in [6.07, 6.45) is 4.04. The normalized spacial score (nSPS) is 18.2. The van der Waals surface area contributed by atoms with Crippen molar-refractivity contribution in [1.82, 2.24) is 14.5 Å². The third-order valence-corrected chi connectivity index (χ3v) is 5.28. The highest BCUT2D eigenvalue weighted by molar-refractivity contribution is 14.1. The Labute approximate surface area is 144 Å². The van der Waals surface area contributed by atoms with Crippen LogP contribution in [0.25, 0.3) is 11.0 Å². The number of piperidine rings is 1. The molecule has 0 aliphatic carbocycles. The highest BCUT2D eigenvalue weighted by Crippen LogP contribution is 2.22. The van der Waals surface area contributed by atoms with E-state index in [0.29, 0.717) is 11.9 Å². The lowest BCUT2D eigenvalue weighted by Crippen LogP contribution is -2.40. The van der Waals surface area contributed by atoms with Crippen LogP contribution in [0.3, 0.4) is 0 Å². The number of hydrogen-bond donors (Lipinski definition) is 0. The van der Waals surface area contributed by atoms with Crippen molar-refractivity contribution in [3.8, 4) is 0 Å². The molecule has 0 radical (unpaired) electrons. The largest absolute Gasteiger partial charge is 0.325 e. The molecule has 21 heavy (non-hydrogen) atoms. The maximum Gasteiger partial charge on any atom is 0.124 e.